The van der Waals surface area contributed by atoms with E-state index in [0.717, 1.165) is 17.2 Å². The molecule has 0 aliphatic rings. The van der Waals surface area contributed by atoms with Gasteiger partial charge in [0.2, 0.25) is 0 Å². The normalized spacial score (nSPS) is 10.2. The van der Waals surface area contributed by atoms with Crippen LogP contribution in [0.25, 0.3) is 0 Å². The topological polar surface area (TPSA) is 27.7 Å². The van der Waals surface area contributed by atoms with Crippen molar-refractivity contribution in [3.8, 4) is 17.2 Å². The van der Waals surface area contributed by atoms with Gasteiger partial charge in [0.05, 0.1) is 0 Å². The van der Waals surface area contributed by atoms with Crippen molar-refractivity contribution in [3.63, 3.8) is 0 Å². The molecule has 0 N–H and O–H groups in total. The van der Waals surface area contributed by atoms with E-state index in [1.165, 1.54) is 22.0 Å². The fraction of sp³-hybridized carbons (Fsp3) is 0.111. The number of hydrogen-bond acceptors (Lipinski definition) is 3. The number of aryl methyl sites for hydroxylation is 3. The van der Waals surface area contributed by atoms with Crippen LogP contribution in [-0.4, -0.2) is 0 Å². The molecule has 1 atom stereocenters. The molecule has 5 heteroatoms. The van der Waals surface area contributed by atoms with E-state index in [2.05, 4.69) is 9.24 Å². The van der Waals surface area contributed by atoms with Gasteiger partial charge in [0.1, 0.15) is 17.2 Å². The number of rotatable bonds is 6. The van der Waals surface area contributed by atoms with Gasteiger partial charge in [-0.25, -0.2) is 0 Å². The van der Waals surface area contributed by atoms with Crippen molar-refractivity contribution >= 4 is 23.1 Å². The van der Waals surface area contributed by atoms with E-state index < -0.39 is 8.60 Å². The molecule has 0 radical (unpaired) electrons. The Balaban J connectivity index is 0.000000352. The molecule has 0 heterocycles. The third kappa shape index (κ3) is 8.35. The van der Waals surface area contributed by atoms with Crippen LogP contribution in [0.3, 0.4) is 0 Å². The quantitative estimate of drug-likeness (QED) is 0.277. The first kappa shape index (κ1) is 23.8. The van der Waals surface area contributed by atoms with E-state index in [4.69, 9.17) is 13.6 Å². The summed E-state index contributed by atoms with van der Waals surface area (Å²) in [6, 6.07) is 33.6. The SMILES string of the molecule is Cc1ccc(OP(Oc2ccc(C)cc2)Oc2ccc(C)cc2)cc1.Pc1ccccc1. The third-order valence-corrected chi connectivity index (χ3v) is 5.87. The highest BCUT2D eigenvalue weighted by Crippen LogP contribution is 2.42. The first-order chi connectivity index (χ1) is 15.5. The number of hydrogen-bond donors (Lipinski definition) is 0. The highest BCUT2D eigenvalue weighted by molar-refractivity contribution is 7.43. The molecular weight excluding hydrogens is 434 g/mol. The molecule has 0 amide bonds. The molecule has 4 aromatic rings. The minimum atomic E-state index is -1.62. The standard InChI is InChI=1S/C21H21O3P.C6H7P/c1-16-4-10-19(11-5-16)22-25(23-20-12-6-17(2)7-13-20)24-21-14-8-18(3)9-15-21;7-6-4-2-1-3-5-6/h4-15H,1-3H3;1-5H,7H2. The first-order valence-electron chi connectivity index (χ1n) is 10.3. The van der Waals surface area contributed by atoms with Crippen LogP contribution in [0.5, 0.6) is 17.2 Å². The van der Waals surface area contributed by atoms with E-state index in [1.807, 2.05) is 124 Å². The van der Waals surface area contributed by atoms with Crippen LogP contribution >= 0.6 is 17.8 Å². The monoisotopic (exact) mass is 462 g/mol. The Labute approximate surface area is 194 Å². The van der Waals surface area contributed by atoms with E-state index in [-0.39, 0.29) is 0 Å². The summed E-state index contributed by atoms with van der Waals surface area (Å²) >= 11 is 0. The molecule has 4 rings (SSSR count). The highest BCUT2D eigenvalue weighted by atomic mass is 31.2. The van der Waals surface area contributed by atoms with Gasteiger partial charge in [-0.05, 0) is 62.5 Å². The molecule has 0 aliphatic heterocycles. The molecule has 0 fully saturated rings. The van der Waals surface area contributed by atoms with Crippen LogP contribution < -0.4 is 18.9 Å². The molecule has 0 saturated heterocycles. The Morgan fingerprint density at radius 2 is 0.781 bits per heavy atom. The lowest BCUT2D eigenvalue weighted by Gasteiger charge is -2.18. The molecule has 0 bridgehead atoms. The Kier molecular flexibility index (Phi) is 9.11. The summed E-state index contributed by atoms with van der Waals surface area (Å²) in [6.07, 6.45) is 0. The first-order valence-corrected chi connectivity index (χ1v) is 12.0. The summed E-state index contributed by atoms with van der Waals surface area (Å²) in [5, 5.41) is 1.24. The van der Waals surface area contributed by atoms with Gasteiger partial charge in [-0.15, -0.1) is 9.24 Å². The zero-order chi connectivity index (χ0) is 22.8. The molecular formula is C27H28O3P2. The summed E-state index contributed by atoms with van der Waals surface area (Å²) < 4.78 is 17.9. The highest BCUT2D eigenvalue weighted by Gasteiger charge is 2.19. The second kappa shape index (κ2) is 12.2. The molecule has 164 valence electrons. The second-order valence-electron chi connectivity index (χ2n) is 7.35. The lowest BCUT2D eigenvalue weighted by atomic mass is 10.2. The van der Waals surface area contributed by atoms with Crippen LogP contribution in [-0.2, 0) is 0 Å². The maximum atomic E-state index is 5.96. The van der Waals surface area contributed by atoms with Gasteiger partial charge in [-0.1, -0.05) is 83.4 Å². The summed E-state index contributed by atoms with van der Waals surface area (Å²) in [5.41, 5.74) is 3.53. The molecule has 0 aromatic heterocycles. The fourth-order valence-electron chi connectivity index (χ4n) is 2.56. The Morgan fingerprint density at radius 1 is 0.469 bits per heavy atom. The molecule has 4 aromatic carbocycles. The molecule has 0 aliphatic carbocycles. The average molecular weight is 462 g/mol. The largest absolute Gasteiger partial charge is 0.530 e. The van der Waals surface area contributed by atoms with E-state index in [9.17, 15) is 0 Å². The maximum absolute atomic E-state index is 5.96. The minimum Gasteiger partial charge on any atom is -0.409 e. The lowest BCUT2D eigenvalue weighted by molar-refractivity contribution is 0.388. The van der Waals surface area contributed by atoms with Crippen molar-refractivity contribution in [2.24, 2.45) is 0 Å². The molecule has 3 nitrogen and oxygen atoms in total. The average Bonchev–Trinajstić information content (AvgIpc) is 2.79. The molecule has 0 saturated carbocycles. The van der Waals surface area contributed by atoms with Gasteiger partial charge >= 0.3 is 8.60 Å². The van der Waals surface area contributed by atoms with Crippen molar-refractivity contribution in [2.75, 3.05) is 0 Å². The van der Waals surface area contributed by atoms with Crippen LogP contribution in [0, 0.1) is 20.8 Å². The summed E-state index contributed by atoms with van der Waals surface area (Å²) in [5.74, 6) is 2.16. The van der Waals surface area contributed by atoms with Crippen molar-refractivity contribution in [2.45, 2.75) is 20.8 Å². The smallest absolute Gasteiger partial charge is 0.409 e. The molecule has 32 heavy (non-hydrogen) atoms. The Hall–Kier alpha value is -2.86. The third-order valence-electron chi connectivity index (χ3n) is 4.40. The van der Waals surface area contributed by atoms with Crippen molar-refractivity contribution in [3.05, 3.63) is 120 Å². The lowest BCUT2D eigenvalue weighted by Crippen LogP contribution is -2.02. The van der Waals surface area contributed by atoms with E-state index in [1.54, 1.807) is 0 Å². The Bertz CT molecular complexity index is 952. The van der Waals surface area contributed by atoms with E-state index in [0.29, 0.717) is 0 Å². The number of benzene rings is 4. The van der Waals surface area contributed by atoms with Gasteiger partial charge in [-0.2, -0.15) is 0 Å². The zero-order valence-corrected chi connectivity index (χ0v) is 20.6. The van der Waals surface area contributed by atoms with Gasteiger partial charge in [0.15, 0.2) is 0 Å². The summed E-state index contributed by atoms with van der Waals surface area (Å²) in [4.78, 5) is 0. The van der Waals surface area contributed by atoms with Crippen LogP contribution in [0.15, 0.2) is 103 Å². The van der Waals surface area contributed by atoms with Crippen LogP contribution in [0.2, 0.25) is 0 Å². The second-order valence-corrected chi connectivity index (χ2v) is 9.01. The zero-order valence-electron chi connectivity index (χ0n) is 18.6. The maximum Gasteiger partial charge on any atom is 0.530 e. The van der Waals surface area contributed by atoms with Crippen molar-refractivity contribution < 1.29 is 13.6 Å². The van der Waals surface area contributed by atoms with Gasteiger partial charge in [-0.3, -0.25) is 0 Å². The van der Waals surface area contributed by atoms with Crippen LogP contribution in [0.1, 0.15) is 16.7 Å². The predicted molar refractivity (Wildman–Crippen MR) is 138 cm³/mol. The Morgan fingerprint density at radius 3 is 1.03 bits per heavy atom. The molecule has 0 spiro atoms. The van der Waals surface area contributed by atoms with Gasteiger partial charge < -0.3 is 13.6 Å². The minimum absolute atomic E-state index is 0.718. The molecule has 1 unspecified atom stereocenters. The summed E-state index contributed by atoms with van der Waals surface area (Å²) in [7, 11) is 1.01. The fourth-order valence-corrected chi connectivity index (χ4v) is 3.78. The van der Waals surface area contributed by atoms with Gasteiger partial charge in [0.25, 0.3) is 0 Å². The van der Waals surface area contributed by atoms with Crippen molar-refractivity contribution in [1.29, 1.82) is 0 Å². The van der Waals surface area contributed by atoms with Crippen LogP contribution in [0.4, 0.5) is 0 Å². The van der Waals surface area contributed by atoms with Gasteiger partial charge in [0, 0.05) is 0 Å². The predicted octanol–water partition coefficient (Wildman–Crippen LogP) is 7.56. The van der Waals surface area contributed by atoms with E-state index >= 15 is 0 Å². The summed E-state index contributed by atoms with van der Waals surface area (Å²) in [6.45, 7) is 6.12. The van der Waals surface area contributed by atoms with Crippen molar-refractivity contribution in [1.82, 2.24) is 0 Å².